The van der Waals surface area contributed by atoms with Crippen LogP contribution in [0.15, 0.2) is 12.1 Å². The maximum absolute atomic E-state index is 13.0. The maximum atomic E-state index is 13.0. The van der Waals surface area contributed by atoms with E-state index in [0.29, 0.717) is 36.0 Å². The molecule has 1 heterocycles. The second kappa shape index (κ2) is 8.71. The fraction of sp³-hybridized carbons (Fsp3) is 0.619. The van der Waals surface area contributed by atoms with Crippen LogP contribution in [0.1, 0.15) is 44.1 Å². The summed E-state index contributed by atoms with van der Waals surface area (Å²) in [4.78, 5) is 26.4. The summed E-state index contributed by atoms with van der Waals surface area (Å²) in [7, 11) is 4.65. The molecule has 0 bridgehead atoms. The number of aliphatic carboxylic acids is 1. The third-order valence-corrected chi connectivity index (χ3v) is 6.01. The van der Waals surface area contributed by atoms with Crippen molar-refractivity contribution in [3.63, 3.8) is 0 Å². The largest absolute Gasteiger partial charge is 0.493 e. The van der Waals surface area contributed by atoms with E-state index < -0.39 is 12.0 Å². The normalized spacial score (nSPS) is 23.8. The Labute approximate surface area is 165 Å². The minimum Gasteiger partial charge on any atom is -0.493 e. The molecule has 154 valence electrons. The third kappa shape index (κ3) is 3.88. The molecule has 0 spiro atoms. The van der Waals surface area contributed by atoms with Gasteiger partial charge in [-0.25, -0.2) is 4.79 Å². The average Bonchev–Trinajstić information content (AvgIpc) is 3.11. The molecular weight excluding hydrogens is 362 g/mol. The molecule has 2 fully saturated rings. The van der Waals surface area contributed by atoms with Crippen molar-refractivity contribution >= 4 is 11.9 Å². The molecule has 3 atom stereocenters. The van der Waals surface area contributed by atoms with E-state index in [1.165, 1.54) is 0 Å². The molecular formula is C21H29NO6. The van der Waals surface area contributed by atoms with Crippen LogP contribution in [0, 0.1) is 5.92 Å². The first kappa shape index (κ1) is 20.3. The molecule has 28 heavy (non-hydrogen) atoms. The van der Waals surface area contributed by atoms with Gasteiger partial charge in [-0.15, -0.1) is 0 Å². The molecule has 1 saturated heterocycles. The minimum atomic E-state index is -0.893. The number of fused-ring (bicyclic) bond motifs is 1. The average molecular weight is 391 g/mol. The molecule has 1 aliphatic carbocycles. The molecule has 1 aliphatic heterocycles. The quantitative estimate of drug-likeness (QED) is 0.769. The molecule has 1 amide bonds. The van der Waals surface area contributed by atoms with Gasteiger partial charge in [0.15, 0.2) is 11.5 Å². The number of likely N-dealkylation sites (tertiary alicyclic amines) is 1. The van der Waals surface area contributed by atoms with E-state index >= 15 is 0 Å². The van der Waals surface area contributed by atoms with Gasteiger partial charge < -0.3 is 24.2 Å². The summed E-state index contributed by atoms with van der Waals surface area (Å²) in [5.74, 6) is 0.934. The molecule has 7 nitrogen and oxygen atoms in total. The van der Waals surface area contributed by atoms with Gasteiger partial charge in [0, 0.05) is 12.5 Å². The van der Waals surface area contributed by atoms with E-state index in [9.17, 15) is 14.7 Å². The van der Waals surface area contributed by atoms with Crippen LogP contribution in [0.25, 0.3) is 0 Å². The molecule has 2 aliphatic rings. The van der Waals surface area contributed by atoms with Gasteiger partial charge in [-0.1, -0.05) is 12.8 Å². The van der Waals surface area contributed by atoms with E-state index in [-0.39, 0.29) is 18.4 Å². The minimum absolute atomic E-state index is 0.0716. The van der Waals surface area contributed by atoms with E-state index in [1.54, 1.807) is 26.2 Å². The number of hydrogen-bond donors (Lipinski definition) is 1. The van der Waals surface area contributed by atoms with Gasteiger partial charge in [-0.2, -0.15) is 0 Å². The van der Waals surface area contributed by atoms with Crippen LogP contribution in [0.5, 0.6) is 17.2 Å². The monoisotopic (exact) mass is 391 g/mol. The third-order valence-electron chi connectivity index (χ3n) is 6.01. The van der Waals surface area contributed by atoms with E-state index in [2.05, 4.69) is 0 Å². The van der Waals surface area contributed by atoms with Crippen LogP contribution >= 0.6 is 0 Å². The lowest BCUT2D eigenvalue weighted by molar-refractivity contribution is -0.149. The lowest BCUT2D eigenvalue weighted by Crippen LogP contribution is -2.46. The summed E-state index contributed by atoms with van der Waals surface area (Å²) in [6, 6.07) is 3.04. The molecule has 1 aromatic rings. The number of nitrogens with zero attached hydrogens (tertiary/aromatic N) is 1. The number of carbonyl (C=O) groups is 2. The van der Waals surface area contributed by atoms with E-state index in [0.717, 1.165) is 31.2 Å². The predicted octanol–water partition coefficient (Wildman–Crippen LogP) is 2.89. The van der Waals surface area contributed by atoms with Gasteiger partial charge in [-0.05, 0) is 49.3 Å². The first-order valence-electron chi connectivity index (χ1n) is 9.83. The fourth-order valence-electron chi connectivity index (χ4n) is 4.70. The van der Waals surface area contributed by atoms with Gasteiger partial charge in [0.1, 0.15) is 6.04 Å². The van der Waals surface area contributed by atoms with Crippen molar-refractivity contribution in [3.05, 3.63) is 17.7 Å². The fourth-order valence-corrected chi connectivity index (χ4v) is 4.70. The standard InChI is InChI=1S/C21H29NO6/c1-26-17-10-13(11-18(27-2)20(17)28-3)8-9-19(23)22-15-7-5-4-6-14(15)12-16(22)21(24)25/h10-11,14-16H,4-9,12H2,1-3H3,(H,24,25). The van der Waals surface area contributed by atoms with Crippen LogP contribution in [-0.4, -0.2) is 55.3 Å². The maximum Gasteiger partial charge on any atom is 0.326 e. The highest BCUT2D eigenvalue weighted by Crippen LogP contribution is 2.41. The number of amides is 1. The highest BCUT2D eigenvalue weighted by atomic mass is 16.5. The topological polar surface area (TPSA) is 85.3 Å². The van der Waals surface area contributed by atoms with E-state index in [1.807, 2.05) is 12.1 Å². The zero-order chi connectivity index (χ0) is 20.3. The Bertz CT molecular complexity index is 709. The van der Waals surface area contributed by atoms with Crippen molar-refractivity contribution in [3.8, 4) is 17.2 Å². The second-order valence-electron chi connectivity index (χ2n) is 7.54. The number of benzene rings is 1. The van der Waals surface area contributed by atoms with E-state index in [4.69, 9.17) is 14.2 Å². The number of carboxylic acid groups (broad SMARTS) is 1. The lowest BCUT2D eigenvalue weighted by atomic mass is 9.84. The Morgan fingerprint density at radius 3 is 2.29 bits per heavy atom. The van der Waals surface area contributed by atoms with Crippen molar-refractivity contribution < 1.29 is 28.9 Å². The molecule has 0 radical (unpaired) electrons. The SMILES string of the molecule is COc1cc(CCC(=O)N2C(C(=O)O)CC3CCCCC32)cc(OC)c1OC. The van der Waals surface area contributed by atoms with Crippen LogP contribution in [0.4, 0.5) is 0 Å². The summed E-state index contributed by atoms with van der Waals surface area (Å²) in [5.41, 5.74) is 0.883. The van der Waals surface area contributed by atoms with Crippen molar-refractivity contribution in [1.29, 1.82) is 0 Å². The second-order valence-corrected chi connectivity index (χ2v) is 7.54. The smallest absolute Gasteiger partial charge is 0.326 e. The number of rotatable bonds is 7. The molecule has 0 aromatic heterocycles. The highest BCUT2D eigenvalue weighted by Gasteiger charge is 2.47. The molecule has 7 heteroatoms. The Morgan fingerprint density at radius 2 is 1.71 bits per heavy atom. The number of carboxylic acids is 1. The lowest BCUT2D eigenvalue weighted by Gasteiger charge is -2.33. The Kier molecular flexibility index (Phi) is 6.31. The first-order chi connectivity index (χ1) is 13.5. The molecule has 3 rings (SSSR count). The van der Waals surface area contributed by atoms with Crippen LogP contribution in [0.2, 0.25) is 0 Å². The van der Waals surface area contributed by atoms with Gasteiger partial charge in [-0.3, -0.25) is 4.79 Å². The summed E-state index contributed by atoms with van der Waals surface area (Å²) < 4.78 is 16.1. The van der Waals surface area contributed by atoms with Gasteiger partial charge >= 0.3 is 5.97 Å². The number of carbonyl (C=O) groups excluding carboxylic acids is 1. The molecule has 1 aromatic carbocycles. The summed E-state index contributed by atoms with van der Waals surface area (Å²) in [5, 5.41) is 9.62. The molecule has 3 unspecified atom stereocenters. The summed E-state index contributed by atoms with van der Waals surface area (Å²) in [6.07, 6.45) is 5.43. The zero-order valence-electron chi connectivity index (χ0n) is 16.8. The van der Waals surface area contributed by atoms with Crippen molar-refractivity contribution in [1.82, 2.24) is 4.90 Å². The number of hydrogen-bond acceptors (Lipinski definition) is 5. The van der Waals surface area contributed by atoms with Crippen LogP contribution in [-0.2, 0) is 16.0 Å². The first-order valence-corrected chi connectivity index (χ1v) is 9.83. The highest BCUT2D eigenvalue weighted by molar-refractivity contribution is 5.85. The molecule has 1 N–H and O–H groups in total. The van der Waals surface area contributed by atoms with Crippen LogP contribution in [0.3, 0.4) is 0 Å². The molecule has 1 saturated carbocycles. The Morgan fingerprint density at radius 1 is 1.07 bits per heavy atom. The zero-order valence-corrected chi connectivity index (χ0v) is 16.8. The van der Waals surface area contributed by atoms with Crippen LogP contribution < -0.4 is 14.2 Å². The number of ether oxygens (including phenoxy) is 3. The predicted molar refractivity (Wildman–Crippen MR) is 103 cm³/mol. The van der Waals surface area contributed by atoms with Crippen molar-refractivity contribution in [2.75, 3.05) is 21.3 Å². The summed E-state index contributed by atoms with van der Waals surface area (Å²) >= 11 is 0. The van der Waals surface area contributed by atoms with Gasteiger partial charge in [0.25, 0.3) is 0 Å². The Balaban J connectivity index is 1.75. The Hall–Kier alpha value is -2.44. The van der Waals surface area contributed by atoms with Crippen molar-refractivity contribution in [2.24, 2.45) is 5.92 Å². The number of methoxy groups -OCH3 is 3. The van der Waals surface area contributed by atoms with Gasteiger partial charge in [0.05, 0.1) is 21.3 Å². The van der Waals surface area contributed by atoms with Crippen molar-refractivity contribution in [2.45, 2.75) is 57.0 Å². The number of aryl methyl sites for hydroxylation is 1. The van der Waals surface area contributed by atoms with Gasteiger partial charge in [0.2, 0.25) is 11.7 Å². The summed E-state index contributed by atoms with van der Waals surface area (Å²) in [6.45, 7) is 0.